The summed E-state index contributed by atoms with van der Waals surface area (Å²) in [6.07, 6.45) is 2.57. The summed E-state index contributed by atoms with van der Waals surface area (Å²) < 4.78 is 1.05. The molecule has 0 atom stereocenters. The molecule has 0 saturated heterocycles. The largest absolute Gasteiger partial charge is 0.478 e. The molecule has 0 amide bonds. The SMILES string of the molecule is O=C(O)c1ccc2c(CNC3CC3)csc2c1. The van der Waals surface area contributed by atoms with Gasteiger partial charge in [-0.05, 0) is 41.3 Å². The third kappa shape index (κ3) is 2.18. The fourth-order valence-corrected chi connectivity index (χ4v) is 2.90. The van der Waals surface area contributed by atoms with Crippen molar-refractivity contribution in [3.63, 3.8) is 0 Å². The van der Waals surface area contributed by atoms with Gasteiger partial charge in [0.15, 0.2) is 0 Å². The Morgan fingerprint density at radius 2 is 2.29 bits per heavy atom. The highest BCUT2D eigenvalue weighted by Gasteiger charge is 2.20. The lowest BCUT2D eigenvalue weighted by Gasteiger charge is -2.01. The van der Waals surface area contributed by atoms with Crippen LogP contribution in [0.4, 0.5) is 0 Å². The summed E-state index contributed by atoms with van der Waals surface area (Å²) in [4.78, 5) is 10.9. The standard InChI is InChI=1S/C13H13NO2S/c15-13(16)8-1-4-11-9(6-14-10-2-3-10)7-17-12(11)5-8/h1,4-5,7,10,14H,2-3,6H2,(H,15,16). The Hall–Kier alpha value is -1.39. The van der Waals surface area contributed by atoms with E-state index in [2.05, 4.69) is 10.7 Å². The molecule has 1 saturated carbocycles. The van der Waals surface area contributed by atoms with Gasteiger partial charge in [-0.2, -0.15) is 0 Å². The predicted octanol–water partition coefficient (Wildman–Crippen LogP) is 2.85. The van der Waals surface area contributed by atoms with Crippen molar-refractivity contribution in [2.24, 2.45) is 0 Å². The Kier molecular flexibility index (Phi) is 2.61. The van der Waals surface area contributed by atoms with Gasteiger partial charge in [0.1, 0.15) is 0 Å². The van der Waals surface area contributed by atoms with E-state index in [1.54, 1.807) is 23.5 Å². The number of thiophene rings is 1. The van der Waals surface area contributed by atoms with E-state index < -0.39 is 5.97 Å². The first-order valence-corrected chi connectivity index (χ1v) is 6.59. The number of carboxylic acid groups (broad SMARTS) is 1. The molecule has 0 bridgehead atoms. The fourth-order valence-electron chi connectivity index (χ4n) is 1.89. The molecule has 1 aromatic carbocycles. The molecule has 88 valence electrons. The maximum Gasteiger partial charge on any atom is 0.335 e. The van der Waals surface area contributed by atoms with E-state index in [1.165, 1.54) is 23.8 Å². The van der Waals surface area contributed by atoms with Crippen molar-refractivity contribution < 1.29 is 9.90 Å². The van der Waals surface area contributed by atoms with Gasteiger partial charge in [0.2, 0.25) is 0 Å². The lowest BCUT2D eigenvalue weighted by Crippen LogP contribution is -2.14. The number of rotatable bonds is 4. The third-order valence-corrected chi connectivity index (χ3v) is 4.06. The van der Waals surface area contributed by atoms with Gasteiger partial charge in [-0.25, -0.2) is 4.79 Å². The van der Waals surface area contributed by atoms with Crippen molar-refractivity contribution >= 4 is 27.4 Å². The molecule has 2 aromatic rings. The number of carbonyl (C=O) groups is 1. The summed E-state index contributed by atoms with van der Waals surface area (Å²) in [5.41, 5.74) is 1.63. The van der Waals surface area contributed by atoms with Crippen molar-refractivity contribution in [1.29, 1.82) is 0 Å². The summed E-state index contributed by atoms with van der Waals surface area (Å²) in [6.45, 7) is 0.886. The van der Waals surface area contributed by atoms with Gasteiger partial charge < -0.3 is 10.4 Å². The van der Waals surface area contributed by atoms with Crippen molar-refractivity contribution in [1.82, 2.24) is 5.32 Å². The Morgan fingerprint density at radius 3 is 3.00 bits per heavy atom. The number of benzene rings is 1. The van der Waals surface area contributed by atoms with Crippen LogP contribution in [0.3, 0.4) is 0 Å². The molecule has 1 fully saturated rings. The summed E-state index contributed by atoms with van der Waals surface area (Å²) in [5, 5.41) is 15.7. The average molecular weight is 247 g/mol. The van der Waals surface area contributed by atoms with Crippen molar-refractivity contribution in [3.8, 4) is 0 Å². The summed E-state index contributed by atoms with van der Waals surface area (Å²) in [6, 6.07) is 6.04. The Bertz CT molecular complexity index is 572. The number of hydrogen-bond acceptors (Lipinski definition) is 3. The second-order valence-electron chi connectivity index (χ2n) is 4.43. The first-order chi connectivity index (χ1) is 8.24. The van der Waals surface area contributed by atoms with Crippen LogP contribution in [0.25, 0.3) is 10.1 Å². The maximum atomic E-state index is 10.9. The van der Waals surface area contributed by atoms with Gasteiger partial charge in [0.25, 0.3) is 0 Å². The number of aromatic carboxylic acids is 1. The minimum absolute atomic E-state index is 0.362. The van der Waals surface area contributed by atoms with Crippen molar-refractivity contribution in [2.75, 3.05) is 0 Å². The van der Waals surface area contributed by atoms with Crippen LogP contribution in [-0.4, -0.2) is 17.1 Å². The lowest BCUT2D eigenvalue weighted by atomic mass is 10.1. The molecule has 3 rings (SSSR count). The Labute approximate surface area is 103 Å². The second kappa shape index (κ2) is 4.13. The minimum Gasteiger partial charge on any atom is -0.478 e. The molecule has 2 N–H and O–H groups in total. The molecule has 1 aliphatic rings. The third-order valence-electron chi connectivity index (χ3n) is 3.06. The van der Waals surface area contributed by atoms with E-state index >= 15 is 0 Å². The molecule has 0 spiro atoms. The van der Waals surface area contributed by atoms with E-state index in [9.17, 15) is 4.79 Å². The highest BCUT2D eigenvalue weighted by molar-refractivity contribution is 7.17. The molecule has 0 aliphatic heterocycles. The average Bonchev–Trinajstić information content (AvgIpc) is 3.06. The van der Waals surface area contributed by atoms with E-state index in [4.69, 9.17) is 5.11 Å². The van der Waals surface area contributed by atoms with Gasteiger partial charge in [-0.3, -0.25) is 0 Å². The molecule has 1 aromatic heterocycles. The molecule has 0 radical (unpaired) electrons. The summed E-state index contributed by atoms with van der Waals surface area (Å²) >= 11 is 1.61. The topological polar surface area (TPSA) is 49.3 Å². The van der Waals surface area contributed by atoms with E-state index in [-0.39, 0.29) is 0 Å². The quantitative estimate of drug-likeness (QED) is 0.873. The highest BCUT2D eigenvalue weighted by Crippen LogP contribution is 2.28. The van der Waals surface area contributed by atoms with Gasteiger partial charge >= 0.3 is 5.97 Å². The van der Waals surface area contributed by atoms with Gasteiger partial charge in [-0.1, -0.05) is 6.07 Å². The zero-order valence-corrected chi connectivity index (χ0v) is 10.1. The van der Waals surface area contributed by atoms with Crippen LogP contribution >= 0.6 is 11.3 Å². The number of hydrogen-bond donors (Lipinski definition) is 2. The van der Waals surface area contributed by atoms with Crippen LogP contribution in [0.2, 0.25) is 0 Å². The molecular formula is C13H13NO2S. The zero-order chi connectivity index (χ0) is 11.8. The molecule has 0 unspecified atom stereocenters. The van der Waals surface area contributed by atoms with E-state index in [0.717, 1.165) is 11.2 Å². The monoisotopic (exact) mass is 247 g/mol. The number of carboxylic acids is 1. The van der Waals surface area contributed by atoms with Crippen LogP contribution in [0.1, 0.15) is 28.8 Å². The predicted molar refractivity (Wildman–Crippen MR) is 68.6 cm³/mol. The van der Waals surface area contributed by atoms with Crippen LogP contribution < -0.4 is 5.32 Å². The van der Waals surface area contributed by atoms with Crippen molar-refractivity contribution in [2.45, 2.75) is 25.4 Å². The molecule has 17 heavy (non-hydrogen) atoms. The normalized spacial score (nSPS) is 15.3. The molecule has 4 heteroatoms. The van der Waals surface area contributed by atoms with Crippen molar-refractivity contribution in [3.05, 3.63) is 34.7 Å². The van der Waals surface area contributed by atoms with Crippen LogP contribution in [0.15, 0.2) is 23.6 Å². The maximum absolute atomic E-state index is 10.9. The first kappa shape index (κ1) is 10.7. The number of nitrogens with one attached hydrogen (secondary N) is 1. The first-order valence-electron chi connectivity index (χ1n) is 5.71. The van der Waals surface area contributed by atoms with E-state index in [1.807, 2.05) is 6.07 Å². The Balaban J connectivity index is 1.89. The van der Waals surface area contributed by atoms with Crippen LogP contribution in [0.5, 0.6) is 0 Å². The summed E-state index contributed by atoms with van der Waals surface area (Å²) in [7, 11) is 0. The van der Waals surface area contributed by atoms with Gasteiger partial charge in [0.05, 0.1) is 5.56 Å². The second-order valence-corrected chi connectivity index (χ2v) is 5.34. The smallest absolute Gasteiger partial charge is 0.335 e. The lowest BCUT2D eigenvalue weighted by molar-refractivity contribution is 0.0697. The number of fused-ring (bicyclic) bond motifs is 1. The fraction of sp³-hybridized carbons (Fsp3) is 0.308. The Morgan fingerprint density at radius 1 is 1.47 bits per heavy atom. The van der Waals surface area contributed by atoms with Gasteiger partial charge in [-0.15, -0.1) is 11.3 Å². The van der Waals surface area contributed by atoms with Crippen LogP contribution in [-0.2, 0) is 6.54 Å². The minimum atomic E-state index is -0.863. The molecular weight excluding hydrogens is 234 g/mol. The van der Waals surface area contributed by atoms with Gasteiger partial charge in [0, 0.05) is 17.3 Å². The highest BCUT2D eigenvalue weighted by atomic mass is 32.1. The summed E-state index contributed by atoms with van der Waals surface area (Å²) in [5.74, 6) is -0.863. The van der Waals surface area contributed by atoms with Crippen LogP contribution in [0, 0.1) is 0 Å². The molecule has 1 aliphatic carbocycles. The molecule has 1 heterocycles. The zero-order valence-electron chi connectivity index (χ0n) is 9.27. The molecule has 3 nitrogen and oxygen atoms in total. The van der Waals surface area contributed by atoms with E-state index in [0.29, 0.717) is 11.6 Å².